The predicted octanol–water partition coefficient (Wildman–Crippen LogP) is 10.2. The highest BCUT2D eigenvalue weighted by Crippen LogP contribution is 2.33. The maximum absolute atomic E-state index is 5.08. The van der Waals surface area contributed by atoms with Crippen LogP contribution in [0.3, 0.4) is 0 Å². The molecule has 8 rings (SSSR count). The lowest BCUT2D eigenvalue weighted by atomic mass is 10.0. The summed E-state index contributed by atoms with van der Waals surface area (Å²) in [5.41, 5.74) is 10.8. The van der Waals surface area contributed by atoms with Gasteiger partial charge in [-0.05, 0) is 41.5 Å². The molecule has 2 heterocycles. The standard InChI is InChI=1S/C40H27N3/c1-3-11-28(12-4-1)29-19-21-32(22-20-29)40-41-36(30-13-5-2-6-14-30)27-37(42-40)31-23-25-33(26-24-31)43-38-17-9-7-15-34(38)35-16-8-10-18-39(35)43/h1-27H. The maximum Gasteiger partial charge on any atom is 0.160 e. The van der Waals surface area contributed by atoms with E-state index in [0.717, 1.165) is 33.8 Å². The second-order valence-electron chi connectivity index (χ2n) is 10.7. The molecule has 0 aliphatic rings. The van der Waals surface area contributed by atoms with Gasteiger partial charge in [0, 0.05) is 33.2 Å². The van der Waals surface area contributed by atoms with Gasteiger partial charge < -0.3 is 4.57 Å². The first kappa shape index (κ1) is 25.0. The minimum Gasteiger partial charge on any atom is -0.309 e. The summed E-state index contributed by atoms with van der Waals surface area (Å²) >= 11 is 0. The summed E-state index contributed by atoms with van der Waals surface area (Å²) in [5.74, 6) is 0.711. The molecule has 0 radical (unpaired) electrons. The molecular formula is C40H27N3. The second-order valence-corrected chi connectivity index (χ2v) is 10.7. The Morgan fingerprint density at radius 1 is 0.349 bits per heavy atom. The van der Waals surface area contributed by atoms with Gasteiger partial charge in [0.2, 0.25) is 0 Å². The number of rotatable bonds is 5. The molecule has 3 heteroatoms. The highest BCUT2D eigenvalue weighted by molar-refractivity contribution is 6.09. The van der Waals surface area contributed by atoms with E-state index in [4.69, 9.17) is 9.97 Å². The first-order valence-electron chi connectivity index (χ1n) is 14.5. The summed E-state index contributed by atoms with van der Waals surface area (Å²) in [6.07, 6.45) is 0. The molecule has 202 valence electrons. The summed E-state index contributed by atoms with van der Waals surface area (Å²) in [7, 11) is 0. The van der Waals surface area contributed by atoms with Crippen LogP contribution in [0.5, 0.6) is 0 Å². The molecule has 0 aliphatic heterocycles. The number of nitrogens with zero attached hydrogens (tertiary/aromatic N) is 3. The van der Waals surface area contributed by atoms with Crippen LogP contribution in [-0.2, 0) is 0 Å². The lowest BCUT2D eigenvalue weighted by Gasteiger charge is -2.12. The summed E-state index contributed by atoms with van der Waals surface area (Å²) in [6, 6.07) is 57.2. The van der Waals surface area contributed by atoms with Gasteiger partial charge in [0.25, 0.3) is 0 Å². The van der Waals surface area contributed by atoms with E-state index in [0.29, 0.717) is 5.82 Å². The first-order chi connectivity index (χ1) is 21.3. The molecule has 3 nitrogen and oxygen atoms in total. The Bertz CT molecular complexity index is 2140. The number of para-hydroxylation sites is 2. The molecule has 8 aromatic rings. The SMILES string of the molecule is c1ccc(-c2ccc(-c3nc(-c4ccccc4)cc(-c4ccc(-n5c6ccccc6c6ccccc65)cc4)n3)cc2)cc1. The van der Waals surface area contributed by atoms with Crippen LogP contribution in [0.4, 0.5) is 0 Å². The van der Waals surface area contributed by atoms with Crippen LogP contribution >= 0.6 is 0 Å². The summed E-state index contributed by atoms with van der Waals surface area (Å²) < 4.78 is 2.34. The van der Waals surface area contributed by atoms with E-state index in [1.54, 1.807) is 0 Å². The van der Waals surface area contributed by atoms with Crippen LogP contribution < -0.4 is 0 Å². The van der Waals surface area contributed by atoms with Gasteiger partial charge in [-0.2, -0.15) is 0 Å². The fourth-order valence-corrected chi connectivity index (χ4v) is 5.91. The normalized spacial score (nSPS) is 11.3. The van der Waals surface area contributed by atoms with Crippen molar-refractivity contribution >= 4 is 21.8 Å². The van der Waals surface area contributed by atoms with Crippen LogP contribution in [0.15, 0.2) is 164 Å². The van der Waals surface area contributed by atoms with Crippen molar-refractivity contribution in [3.63, 3.8) is 0 Å². The molecule has 0 atom stereocenters. The average molecular weight is 550 g/mol. The Balaban J connectivity index is 1.22. The molecule has 0 aliphatic carbocycles. The molecule has 0 fully saturated rings. The largest absolute Gasteiger partial charge is 0.309 e. The van der Waals surface area contributed by atoms with E-state index in [9.17, 15) is 0 Å². The van der Waals surface area contributed by atoms with E-state index < -0.39 is 0 Å². The minimum absolute atomic E-state index is 0.711. The van der Waals surface area contributed by atoms with E-state index in [1.807, 2.05) is 24.3 Å². The number of fused-ring (bicyclic) bond motifs is 3. The van der Waals surface area contributed by atoms with E-state index in [-0.39, 0.29) is 0 Å². The van der Waals surface area contributed by atoms with Crippen LogP contribution in [0.2, 0.25) is 0 Å². The number of hydrogen-bond acceptors (Lipinski definition) is 2. The molecule has 0 spiro atoms. The lowest BCUT2D eigenvalue weighted by Crippen LogP contribution is -1.97. The number of hydrogen-bond donors (Lipinski definition) is 0. The maximum atomic E-state index is 5.08. The zero-order valence-electron chi connectivity index (χ0n) is 23.4. The Morgan fingerprint density at radius 3 is 1.35 bits per heavy atom. The van der Waals surface area contributed by atoms with Crippen molar-refractivity contribution in [2.45, 2.75) is 0 Å². The smallest absolute Gasteiger partial charge is 0.160 e. The van der Waals surface area contributed by atoms with Gasteiger partial charge in [-0.15, -0.1) is 0 Å². The van der Waals surface area contributed by atoms with Crippen LogP contribution in [0.25, 0.3) is 72.5 Å². The predicted molar refractivity (Wildman–Crippen MR) is 178 cm³/mol. The monoisotopic (exact) mass is 549 g/mol. The van der Waals surface area contributed by atoms with Crippen molar-refractivity contribution in [1.29, 1.82) is 0 Å². The molecular weight excluding hydrogens is 522 g/mol. The molecule has 0 bridgehead atoms. The molecule has 0 saturated carbocycles. The van der Waals surface area contributed by atoms with Crippen molar-refractivity contribution in [3.8, 4) is 50.7 Å². The molecule has 0 saturated heterocycles. The third kappa shape index (κ3) is 4.58. The summed E-state index contributed by atoms with van der Waals surface area (Å²) in [5, 5.41) is 2.52. The van der Waals surface area contributed by atoms with Crippen molar-refractivity contribution in [1.82, 2.24) is 14.5 Å². The Kier molecular flexibility index (Phi) is 6.12. The third-order valence-corrected chi connectivity index (χ3v) is 8.05. The highest BCUT2D eigenvalue weighted by atomic mass is 15.0. The van der Waals surface area contributed by atoms with Crippen LogP contribution in [0, 0.1) is 0 Å². The van der Waals surface area contributed by atoms with Gasteiger partial charge in [0.05, 0.1) is 22.4 Å². The number of benzene rings is 6. The second kappa shape index (κ2) is 10.6. The highest BCUT2D eigenvalue weighted by Gasteiger charge is 2.14. The van der Waals surface area contributed by atoms with Crippen LogP contribution in [-0.4, -0.2) is 14.5 Å². The molecule has 0 amide bonds. The fourth-order valence-electron chi connectivity index (χ4n) is 5.91. The minimum atomic E-state index is 0.711. The third-order valence-electron chi connectivity index (χ3n) is 8.05. The van der Waals surface area contributed by atoms with Crippen molar-refractivity contribution in [2.24, 2.45) is 0 Å². The van der Waals surface area contributed by atoms with Gasteiger partial charge in [-0.25, -0.2) is 9.97 Å². The van der Waals surface area contributed by atoms with E-state index in [1.165, 1.54) is 32.9 Å². The zero-order chi connectivity index (χ0) is 28.6. The Labute approximate surface area is 250 Å². The van der Waals surface area contributed by atoms with Gasteiger partial charge in [0.15, 0.2) is 5.82 Å². The van der Waals surface area contributed by atoms with Gasteiger partial charge in [-0.1, -0.05) is 133 Å². The first-order valence-corrected chi connectivity index (χ1v) is 14.5. The summed E-state index contributed by atoms with van der Waals surface area (Å²) in [4.78, 5) is 10.1. The molecule has 0 N–H and O–H groups in total. The average Bonchev–Trinajstić information content (AvgIpc) is 3.43. The van der Waals surface area contributed by atoms with E-state index >= 15 is 0 Å². The Morgan fingerprint density at radius 2 is 0.767 bits per heavy atom. The van der Waals surface area contributed by atoms with Crippen molar-refractivity contribution in [2.75, 3.05) is 0 Å². The molecule has 6 aromatic carbocycles. The van der Waals surface area contributed by atoms with Gasteiger partial charge in [-0.3, -0.25) is 0 Å². The topological polar surface area (TPSA) is 30.7 Å². The van der Waals surface area contributed by atoms with Crippen molar-refractivity contribution < 1.29 is 0 Å². The molecule has 2 aromatic heterocycles. The summed E-state index contributed by atoms with van der Waals surface area (Å²) in [6.45, 7) is 0. The number of aromatic nitrogens is 3. The van der Waals surface area contributed by atoms with Crippen molar-refractivity contribution in [3.05, 3.63) is 164 Å². The lowest BCUT2D eigenvalue weighted by molar-refractivity contribution is 1.17. The Hall–Kier alpha value is -5.80. The fraction of sp³-hybridized carbons (Fsp3) is 0. The molecule has 43 heavy (non-hydrogen) atoms. The van der Waals surface area contributed by atoms with Gasteiger partial charge in [0.1, 0.15) is 0 Å². The van der Waals surface area contributed by atoms with Crippen LogP contribution in [0.1, 0.15) is 0 Å². The molecule has 0 unspecified atom stereocenters. The zero-order valence-corrected chi connectivity index (χ0v) is 23.4. The quantitative estimate of drug-likeness (QED) is 0.214. The van der Waals surface area contributed by atoms with Gasteiger partial charge >= 0.3 is 0 Å². The van der Waals surface area contributed by atoms with E-state index in [2.05, 4.69) is 144 Å².